The maximum atomic E-state index is 12.0. The second-order valence-corrected chi connectivity index (χ2v) is 10.7. The van der Waals surface area contributed by atoms with Gasteiger partial charge in [-0.15, -0.1) is 6.58 Å². The van der Waals surface area contributed by atoms with Crippen LogP contribution >= 0.6 is 0 Å². The number of aliphatic hydroxyl groups is 2. The summed E-state index contributed by atoms with van der Waals surface area (Å²) < 4.78 is 11.1. The topological polar surface area (TPSA) is 113 Å². The molecule has 1 amide bonds. The first-order chi connectivity index (χ1) is 15.5. The van der Waals surface area contributed by atoms with Crippen LogP contribution in [0.3, 0.4) is 0 Å². The summed E-state index contributed by atoms with van der Waals surface area (Å²) in [5.41, 5.74) is 1.81. The van der Waals surface area contributed by atoms with E-state index in [-0.39, 0.29) is 36.6 Å². The van der Waals surface area contributed by atoms with Gasteiger partial charge in [-0.05, 0) is 29.9 Å². The molecular formula is C25H39N3O5. The Hall–Kier alpha value is -2.00. The van der Waals surface area contributed by atoms with Crippen molar-refractivity contribution in [2.75, 3.05) is 20.3 Å². The first-order valence-corrected chi connectivity index (χ1v) is 11.7. The minimum Gasteiger partial charge on any atom is -0.471 e. The number of nitrogens with zero attached hydrogens (tertiary/aromatic N) is 1. The Kier molecular flexibility index (Phi) is 8.16. The van der Waals surface area contributed by atoms with E-state index in [1.54, 1.807) is 6.08 Å². The molecule has 1 spiro atoms. The number of nitrogens with one attached hydrogen (secondary N) is 2. The van der Waals surface area contributed by atoms with E-state index in [0.29, 0.717) is 31.6 Å². The van der Waals surface area contributed by atoms with Gasteiger partial charge >= 0.3 is 0 Å². The molecule has 33 heavy (non-hydrogen) atoms. The number of pyridine rings is 1. The number of amides is 1. The van der Waals surface area contributed by atoms with Crippen molar-refractivity contribution < 1.29 is 24.5 Å². The van der Waals surface area contributed by atoms with E-state index in [4.69, 9.17) is 9.47 Å². The number of fused-ring (bicyclic) bond motifs is 1. The van der Waals surface area contributed by atoms with Crippen LogP contribution in [0.1, 0.15) is 63.6 Å². The second-order valence-electron chi connectivity index (χ2n) is 10.7. The van der Waals surface area contributed by atoms with Gasteiger partial charge in [0.2, 0.25) is 11.8 Å². The van der Waals surface area contributed by atoms with E-state index in [9.17, 15) is 15.0 Å². The summed E-state index contributed by atoms with van der Waals surface area (Å²) in [4.78, 5) is 16.6. The molecule has 0 unspecified atom stereocenters. The highest BCUT2D eigenvalue weighted by Crippen LogP contribution is 2.48. The van der Waals surface area contributed by atoms with Gasteiger partial charge < -0.3 is 30.3 Å². The normalized spacial score (nSPS) is 26.0. The van der Waals surface area contributed by atoms with Crippen molar-refractivity contribution in [3.8, 4) is 5.88 Å². The Morgan fingerprint density at radius 3 is 2.76 bits per heavy atom. The van der Waals surface area contributed by atoms with E-state index >= 15 is 0 Å². The van der Waals surface area contributed by atoms with Gasteiger partial charge in [-0.25, -0.2) is 4.98 Å². The zero-order valence-electron chi connectivity index (χ0n) is 20.3. The number of hydrogen-bond donors (Lipinski definition) is 4. The largest absolute Gasteiger partial charge is 0.471 e. The SMILES string of the molecule is C=CC[C@H](NC(=O)COC)[C@H](O)CN[C@H]1C[C@]2(C[C@H](O)C2)Oc2ncc(CC(C)(C)C)cc21. The average molecular weight is 462 g/mol. The molecule has 1 aromatic heterocycles. The maximum Gasteiger partial charge on any atom is 0.246 e. The van der Waals surface area contributed by atoms with E-state index in [0.717, 1.165) is 17.5 Å². The molecule has 2 heterocycles. The number of carbonyl (C=O) groups is 1. The summed E-state index contributed by atoms with van der Waals surface area (Å²) in [5, 5.41) is 27.1. The van der Waals surface area contributed by atoms with Gasteiger partial charge in [-0.2, -0.15) is 0 Å². The molecule has 0 aromatic carbocycles. The molecule has 1 saturated carbocycles. The molecule has 0 radical (unpaired) electrons. The third kappa shape index (κ3) is 6.76. The molecule has 0 saturated heterocycles. The lowest BCUT2D eigenvalue weighted by Gasteiger charge is -2.50. The van der Waals surface area contributed by atoms with Crippen LogP contribution in [0.15, 0.2) is 24.9 Å². The van der Waals surface area contributed by atoms with Crippen molar-refractivity contribution in [3.63, 3.8) is 0 Å². The Morgan fingerprint density at radius 2 is 2.15 bits per heavy atom. The lowest BCUT2D eigenvalue weighted by atomic mass is 9.71. The van der Waals surface area contributed by atoms with Gasteiger partial charge in [-0.1, -0.05) is 26.8 Å². The van der Waals surface area contributed by atoms with Gasteiger partial charge in [0.1, 0.15) is 12.2 Å². The highest BCUT2D eigenvalue weighted by molar-refractivity contribution is 5.77. The van der Waals surface area contributed by atoms with Crippen molar-refractivity contribution in [1.82, 2.24) is 15.6 Å². The fourth-order valence-electron chi connectivity index (χ4n) is 4.80. The summed E-state index contributed by atoms with van der Waals surface area (Å²) >= 11 is 0. The first kappa shape index (κ1) is 25.6. The lowest BCUT2D eigenvalue weighted by molar-refractivity contribution is -0.126. The van der Waals surface area contributed by atoms with E-state index in [1.165, 1.54) is 7.11 Å². The molecular weight excluding hydrogens is 422 g/mol. The number of hydrogen-bond acceptors (Lipinski definition) is 7. The fraction of sp³-hybridized carbons (Fsp3) is 0.680. The van der Waals surface area contributed by atoms with E-state index in [2.05, 4.69) is 49.0 Å². The van der Waals surface area contributed by atoms with Crippen LogP contribution < -0.4 is 15.4 Å². The number of rotatable bonds is 10. The van der Waals surface area contributed by atoms with Crippen molar-refractivity contribution >= 4 is 5.91 Å². The smallest absolute Gasteiger partial charge is 0.246 e. The molecule has 8 heteroatoms. The zero-order valence-corrected chi connectivity index (χ0v) is 20.3. The van der Waals surface area contributed by atoms with Crippen LogP contribution in [-0.4, -0.2) is 65.2 Å². The highest BCUT2D eigenvalue weighted by Gasteiger charge is 2.51. The zero-order chi connectivity index (χ0) is 24.2. The number of aliphatic hydroxyl groups excluding tert-OH is 2. The predicted molar refractivity (Wildman–Crippen MR) is 126 cm³/mol. The van der Waals surface area contributed by atoms with Crippen LogP contribution in [0, 0.1) is 5.41 Å². The maximum absolute atomic E-state index is 12.0. The van der Waals surface area contributed by atoms with Gasteiger partial charge in [0.15, 0.2) is 0 Å². The third-order valence-corrected chi connectivity index (χ3v) is 6.23. The van der Waals surface area contributed by atoms with Crippen LogP contribution in [0.5, 0.6) is 5.88 Å². The highest BCUT2D eigenvalue weighted by atomic mass is 16.5. The van der Waals surface area contributed by atoms with Crippen molar-refractivity contribution in [3.05, 3.63) is 36.0 Å². The summed E-state index contributed by atoms with van der Waals surface area (Å²) in [7, 11) is 1.46. The molecule has 2 aliphatic rings. The molecule has 4 N–H and O–H groups in total. The summed E-state index contributed by atoms with van der Waals surface area (Å²) in [6, 6.07) is 1.59. The summed E-state index contributed by atoms with van der Waals surface area (Å²) in [6.07, 6.45) is 5.54. The molecule has 1 aliphatic carbocycles. The van der Waals surface area contributed by atoms with Crippen LogP contribution in [0.4, 0.5) is 0 Å². The number of aromatic nitrogens is 1. The molecule has 8 nitrogen and oxygen atoms in total. The Balaban J connectivity index is 1.75. The Bertz CT molecular complexity index is 832. The van der Waals surface area contributed by atoms with Gasteiger partial charge in [0, 0.05) is 50.7 Å². The Labute approximate surface area is 196 Å². The Morgan fingerprint density at radius 1 is 1.42 bits per heavy atom. The van der Waals surface area contributed by atoms with Gasteiger partial charge in [0.05, 0.1) is 18.2 Å². The van der Waals surface area contributed by atoms with Gasteiger partial charge in [-0.3, -0.25) is 4.79 Å². The van der Waals surface area contributed by atoms with Crippen molar-refractivity contribution in [2.45, 2.75) is 82.8 Å². The predicted octanol–water partition coefficient (Wildman–Crippen LogP) is 2.05. The van der Waals surface area contributed by atoms with Crippen LogP contribution in [0.25, 0.3) is 0 Å². The van der Waals surface area contributed by atoms with E-state index in [1.807, 2.05) is 6.20 Å². The molecule has 1 fully saturated rings. The third-order valence-electron chi connectivity index (χ3n) is 6.23. The van der Waals surface area contributed by atoms with Crippen molar-refractivity contribution in [1.29, 1.82) is 0 Å². The number of carbonyl (C=O) groups excluding carboxylic acids is 1. The average Bonchev–Trinajstić information content (AvgIpc) is 2.70. The van der Waals surface area contributed by atoms with Crippen LogP contribution in [0.2, 0.25) is 0 Å². The van der Waals surface area contributed by atoms with Gasteiger partial charge in [0.25, 0.3) is 0 Å². The molecule has 184 valence electrons. The minimum absolute atomic E-state index is 0.0613. The summed E-state index contributed by atoms with van der Waals surface area (Å²) in [5.74, 6) is 0.312. The number of ether oxygens (including phenoxy) is 2. The molecule has 1 aliphatic heterocycles. The second kappa shape index (κ2) is 10.5. The quantitative estimate of drug-likeness (QED) is 0.395. The molecule has 3 rings (SSSR count). The monoisotopic (exact) mass is 461 g/mol. The minimum atomic E-state index is -0.816. The molecule has 0 bridgehead atoms. The molecule has 3 atom stereocenters. The summed E-state index contributed by atoms with van der Waals surface area (Å²) in [6.45, 7) is 10.5. The first-order valence-electron chi connectivity index (χ1n) is 11.7. The molecule has 1 aromatic rings. The van der Waals surface area contributed by atoms with Crippen LogP contribution in [-0.2, 0) is 16.0 Å². The standard InChI is InChI=1S/C25H39N3O5/c1-6-7-19(28-22(31)15-32-5)21(30)14-26-20-12-25(10-17(29)11-25)33-23-18(20)8-16(13-27-23)9-24(2,3)4/h6,8,13,17,19-21,26,29-30H,1,7,9-12,14-15H2,2-5H3,(H,28,31)/t17-,19-,20-,21+,25+/m0/s1. The van der Waals surface area contributed by atoms with Crippen molar-refractivity contribution in [2.24, 2.45) is 5.41 Å². The fourth-order valence-corrected chi connectivity index (χ4v) is 4.80. The number of methoxy groups -OCH3 is 1. The van der Waals surface area contributed by atoms with E-state index < -0.39 is 17.7 Å². The lowest BCUT2D eigenvalue weighted by Crippen LogP contribution is -2.56.